The molecule has 1 saturated carbocycles. The number of aliphatic hydroxyl groups excluding tert-OH is 1. The molecular formula is C21H28N2O6. The van der Waals surface area contributed by atoms with Crippen molar-refractivity contribution >= 4 is 18.0 Å². The molecule has 2 N–H and O–H groups in total. The van der Waals surface area contributed by atoms with Crippen LogP contribution in [0.2, 0.25) is 0 Å². The number of methoxy groups -OCH3 is 1. The van der Waals surface area contributed by atoms with Crippen molar-refractivity contribution in [1.29, 1.82) is 0 Å². The maximum atomic E-state index is 13.0. The fourth-order valence-electron chi connectivity index (χ4n) is 4.06. The molecule has 3 unspecified atom stereocenters. The monoisotopic (exact) mass is 404 g/mol. The van der Waals surface area contributed by atoms with Crippen molar-refractivity contribution in [2.75, 3.05) is 26.8 Å². The molecule has 2 aliphatic rings. The van der Waals surface area contributed by atoms with E-state index in [-0.39, 0.29) is 18.6 Å². The summed E-state index contributed by atoms with van der Waals surface area (Å²) < 4.78 is 9.90. The number of ether oxygens (including phenoxy) is 2. The summed E-state index contributed by atoms with van der Waals surface area (Å²) in [4.78, 5) is 38.9. The summed E-state index contributed by atoms with van der Waals surface area (Å²) in [6.07, 6.45) is 0.119. The molecule has 1 aliphatic heterocycles. The van der Waals surface area contributed by atoms with Crippen LogP contribution >= 0.6 is 0 Å². The number of hydrogen-bond donors (Lipinski definition) is 2. The predicted molar refractivity (Wildman–Crippen MR) is 104 cm³/mol. The quantitative estimate of drug-likeness (QED) is 0.552. The second-order valence-electron chi connectivity index (χ2n) is 7.56. The molecule has 2 amide bonds. The van der Waals surface area contributed by atoms with Gasteiger partial charge < -0.3 is 24.8 Å². The number of nitrogens with one attached hydrogen (secondary N) is 1. The topological polar surface area (TPSA) is 105 Å². The Morgan fingerprint density at radius 2 is 1.90 bits per heavy atom. The number of hydrogen-bond acceptors (Lipinski definition) is 6. The van der Waals surface area contributed by atoms with Gasteiger partial charge in [0.05, 0.1) is 19.8 Å². The number of carbonyl (C=O) groups excluding carboxylic acids is 3. The van der Waals surface area contributed by atoms with Gasteiger partial charge in [-0.05, 0) is 31.7 Å². The van der Waals surface area contributed by atoms with Gasteiger partial charge in [-0.25, -0.2) is 4.79 Å². The molecule has 158 valence electrons. The van der Waals surface area contributed by atoms with Crippen LogP contribution in [0.4, 0.5) is 4.79 Å². The van der Waals surface area contributed by atoms with Crippen LogP contribution in [0.3, 0.4) is 0 Å². The van der Waals surface area contributed by atoms with Gasteiger partial charge in [0.15, 0.2) is 5.41 Å². The van der Waals surface area contributed by atoms with Crippen LogP contribution in [0.15, 0.2) is 30.3 Å². The Morgan fingerprint density at radius 3 is 2.48 bits per heavy atom. The van der Waals surface area contributed by atoms with Gasteiger partial charge in [0.2, 0.25) is 5.91 Å². The summed E-state index contributed by atoms with van der Waals surface area (Å²) in [5.41, 5.74) is -0.707. The van der Waals surface area contributed by atoms with Gasteiger partial charge in [0, 0.05) is 25.0 Å². The Labute approximate surface area is 170 Å². The van der Waals surface area contributed by atoms with E-state index in [4.69, 9.17) is 9.47 Å². The number of rotatable bonds is 6. The normalized spacial score (nSPS) is 25.1. The van der Waals surface area contributed by atoms with E-state index in [9.17, 15) is 19.5 Å². The summed E-state index contributed by atoms with van der Waals surface area (Å²) in [6.45, 7) is 3.03. The fraction of sp³-hybridized carbons (Fsp3) is 0.571. The fourth-order valence-corrected chi connectivity index (χ4v) is 4.06. The molecule has 1 aliphatic carbocycles. The van der Waals surface area contributed by atoms with Crippen LogP contribution in [0.5, 0.6) is 0 Å². The van der Waals surface area contributed by atoms with Crippen molar-refractivity contribution in [3.05, 3.63) is 35.9 Å². The van der Waals surface area contributed by atoms with Gasteiger partial charge in [0.25, 0.3) is 0 Å². The molecular weight excluding hydrogens is 376 g/mol. The zero-order valence-corrected chi connectivity index (χ0v) is 16.8. The van der Waals surface area contributed by atoms with Crippen LogP contribution < -0.4 is 5.32 Å². The van der Waals surface area contributed by atoms with E-state index < -0.39 is 29.3 Å². The molecule has 3 rings (SSSR count). The van der Waals surface area contributed by atoms with Gasteiger partial charge in [-0.2, -0.15) is 0 Å². The summed E-state index contributed by atoms with van der Waals surface area (Å²) in [6, 6.07) is 8.84. The van der Waals surface area contributed by atoms with Crippen molar-refractivity contribution in [2.45, 2.75) is 38.3 Å². The predicted octanol–water partition coefficient (Wildman–Crippen LogP) is 1.64. The van der Waals surface area contributed by atoms with Crippen LogP contribution in [-0.2, 0) is 19.1 Å². The zero-order valence-electron chi connectivity index (χ0n) is 16.8. The first-order chi connectivity index (χ1) is 13.9. The van der Waals surface area contributed by atoms with E-state index in [0.717, 1.165) is 0 Å². The van der Waals surface area contributed by atoms with Crippen molar-refractivity contribution in [2.24, 2.45) is 11.3 Å². The van der Waals surface area contributed by atoms with Crippen LogP contribution in [0.1, 0.15) is 37.9 Å². The number of aliphatic hydroxyl groups is 1. The van der Waals surface area contributed by atoms with E-state index in [1.807, 2.05) is 6.07 Å². The van der Waals surface area contributed by atoms with Gasteiger partial charge >= 0.3 is 12.1 Å². The Hall–Kier alpha value is -2.61. The maximum absolute atomic E-state index is 13.0. The lowest BCUT2D eigenvalue weighted by Gasteiger charge is -2.32. The summed E-state index contributed by atoms with van der Waals surface area (Å²) in [5, 5.41) is 13.6. The van der Waals surface area contributed by atoms with Gasteiger partial charge in [-0.15, -0.1) is 0 Å². The van der Waals surface area contributed by atoms with Gasteiger partial charge in [-0.3, -0.25) is 9.59 Å². The Morgan fingerprint density at radius 1 is 1.24 bits per heavy atom. The van der Waals surface area contributed by atoms with E-state index in [1.54, 1.807) is 36.1 Å². The summed E-state index contributed by atoms with van der Waals surface area (Å²) in [5.74, 6) is -1.57. The first-order valence-corrected chi connectivity index (χ1v) is 9.98. The minimum atomic E-state index is -1.37. The highest BCUT2D eigenvalue weighted by Crippen LogP contribution is 2.59. The standard InChI is InChI=1S/C21H28N2O6/c1-3-29-20(27)23-11-9-15(10-12-23)22-18(25)21(19(26)28-2)13-16(21)17(24)14-7-5-4-6-8-14/h4-8,15-17,24H,3,9-13H2,1-2H3,(H,22,25). The number of amides is 2. The first-order valence-electron chi connectivity index (χ1n) is 9.98. The van der Waals surface area contributed by atoms with Crippen molar-refractivity contribution < 1.29 is 29.0 Å². The van der Waals surface area contributed by atoms with Gasteiger partial charge in [0.1, 0.15) is 0 Å². The molecule has 1 heterocycles. The molecule has 3 atom stereocenters. The average molecular weight is 404 g/mol. The third-order valence-electron chi connectivity index (χ3n) is 5.85. The van der Waals surface area contributed by atoms with E-state index in [2.05, 4.69) is 5.32 Å². The smallest absolute Gasteiger partial charge is 0.409 e. The number of piperidine rings is 1. The largest absolute Gasteiger partial charge is 0.468 e. The van der Waals surface area contributed by atoms with Crippen molar-refractivity contribution in [1.82, 2.24) is 10.2 Å². The number of esters is 1. The molecule has 1 aromatic rings. The molecule has 1 aromatic carbocycles. The lowest BCUT2D eigenvalue weighted by atomic mass is 9.94. The number of likely N-dealkylation sites (tertiary alicyclic amines) is 1. The Balaban J connectivity index is 1.63. The third-order valence-corrected chi connectivity index (χ3v) is 5.85. The molecule has 8 nitrogen and oxygen atoms in total. The molecule has 0 bridgehead atoms. The SMILES string of the molecule is CCOC(=O)N1CCC(NC(=O)C2(C(=O)OC)CC2C(O)c2ccccc2)CC1. The molecule has 0 aromatic heterocycles. The maximum Gasteiger partial charge on any atom is 0.409 e. The van der Waals surface area contributed by atoms with E-state index in [0.29, 0.717) is 38.1 Å². The third kappa shape index (κ3) is 4.22. The highest BCUT2D eigenvalue weighted by molar-refractivity contribution is 6.06. The number of nitrogens with zero attached hydrogens (tertiary/aromatic N) is 1. The molecule has 0 radical (unpaired) electrons. The molecule has 0 spiro atoms. The highest BCUT2D eigenvalue weighted by Gasteiger charge is 2.69. The summed E-state index contributed by atoms with van der Waals surface area (Å²) >= 11 is 0. The van der Waals surface area contributed by atoms with Crippen LogP contribution in [-0.4, -0.2) is 60.8 Å². The second-order valence-corrected chi connectivity index (χ2v) is 7.56. The van der Waals surface area contributed by atoms with E-state index in [1.165, 1.54) is 7.11 Å². The van der Waals surface area contributed by atoms with Crippen LogP contribution in [0, 0.1) is 11.3 Å². The summed E-state index contributed by atoms with van der Waals surface area (Å²) in [7, 11) is 1.25. The lowest BCUT2D eigenvalue weighted by Crippen LogP contribution is -2.50. The Kier molecular flexibility index (Phi) is 6.42. The zero-order chi connectivity index (χ0) is 21.0. The highest BCUT2D eigenvalue weighted by atomic mass is 16.6. The minimum absolute atomic E-state index is 0.148. The average Bonchev–Trinajstić information content (AvgIpc) is 3.51. The lowest BCUT2D eigenvalue weighted by molar-refractivity contribution is -0.154. The molecule has 29 heavy (non-hydrogen) atoms. The van der Waals surface area contributed by atoms with Crippen molar-refractivity contribution in [3.63, 3.8) is 0 Å². The molecule has 8 heteroatoms. The number of carbonyl (C=O) groups is 3. The minimum Gasteiger partial charge on any atom is -0.468 e. The molecule has 1 saturated heterocycles. The van der Waals surface area contributed by atoms with Crippen molar-refractivity contribution in [3.8, 4) is 0 Å². The number of benzene rings is 1. The second kappa shape index (κ2) is 8.82. The molecule has 2 fully saturated rings. The Bertz CT molecular complexity index is 747. The first kappa shape index (κ1) is 21.1. The van der Waals surface area contributed by atoms with Gasteiger partial charge in [-0.1, -0.05) is 30.3 Å². The van der Waals surface area contributed by atoms with E-state index >= 15 is 0 Å². The van der Waals surface area contributed by atoms with Crippen LogP contribution in [0.25, 0.3) is 0 Å².